The van der Waals surface area contributed by atoms with E-state index < -0.39 is 0 Å². The van der Waals surface area contributed by atoms with Gasteiger partial charge < -0.3 is 14.8 Å². The summed E-state index contributed by atoms with van der Waals surface area (Å²) in [7, 11) is 0. The van der Waals surface area contributed by atoms with Gasteiger partial charge in [0.15, 0.2) is 16.6 Å². The lowest BCUT2D eigenvalue weighted by atomic mass is 10.2. The van der Waals surface area contributed by atoms with Crippen molar-refractivity contribution in [2.75, 3.05) is 13.2 Å². The van der Waals surface area contributed by atoms with Gasteiger partial charge in [-0.2, -0.15) is 5.10 Å². The molecule has 5 nitrogen and oxygen atoms in total. The summed E-state index contributed by atoms with van der Waals surface area (Å²) in [4.78, 5) is 0. The van der Waals surface area contributed by atoms with E-state index in [1.165, 1.54) is 0 Å². The zero-order valence-electron chi connectivity index (χ0n) is 15.1. The van der Waals surface area contributed by atoms with Gasteiger partial charge in [0, 0.05) is 11.6 Å². The third-order valence-corrected chi connectivity index (χ3v) is 3.85. The van der Waals surface area contributed by atoms with E-state index in [2.05, 4.69) is 22.4 Å². The van der Waals surface area contributed by atoms with Crippen LogP contribution in [0.3, 0.4) is 0 Å². The summed E-state index contributed by atoms with van der Waals surface area (Å²) in [6.07, 6.45) is 3.38. The SMILES string of the molecule is C=CCNC(=S)N/N=C/c1ccc(OCc2ccc(Cl)cc2)c(OCC)c1. The Morgan fingerprint density at radius 1 is 1.19 bits per heavy atom. The Hall–Kier alpha value is -2.57. The molecule has 0 atom stereocenters. The summed E-state index contributed by atoms with van der Waals surface area (Å²) in [5, 5.41) is 8.16. The molecule has 0 saturated carbocycles. The van der Waals surface area contributed by atoms with E-state index in [4.69, 9.17) is 33.3 Å². The maximum atomic E-state index is 5.90. The fourth-order valence-corrected chi connectivity index (χ4v) is 2.37. The van der Waals surface area contributed by atoms with Crippen LogP contribution in [0.1, 0.15) is 18.1 Å². The molecule has 2 aromatic rings. The van der Waals surface area contributed by atoms with Gasteiger partial charge in [-0.15, -0.1) is 6.58 Å². The van der Waals surface area contributed by atoms with Crippen LogP contribution in [0.5, 0.6) is 11.5 Å². The summed E-state index contributed by atoms with van der Waals surface area (Å²) in [5.74, 6) is 1.32. The van der Waals surface area contributed by atoms with E-state index in [1.807, 2.05) is 49.4 Å². The van der Waals surface area contributed by atoms with Gasteiger partial charge in [0.25, 0.3) is 0 Å². The lowest BCUT2D eigenvalue weighted by Crippen LogP contribution is -2.31. The number of ether oxygens (including phenoxy) is 2. The number of rotatable bonds is 9. The maximum absolute atomic E-state index is 5.90. The van der Waals surface area contributed by atoms with E-state index in [1.54, 1.807) is 12.3 Å². The van der Waals surface area contributed by atoms with Gasteiger partial charge in [0.1, 0.15) is 6.61 Å². The maximum Gasteiger partial charge on any atom is 0.187 e. The largest absolute Gasteiger partial charge is 0.490 e. The molecule has 0 unspecified atom stereocenters. The topological polar surface area (TPSA) is 54.9 Å². The fraction of sp³-hybridized carbons (Fsp3) is 0.200. The number of benzene rings is 2. The molecule has 0 bridgehead atoms. The van der Waals surface area contributed by atoms with Crippen molar-refractivity contribution in [3.63, 3.8) is 0 Å². The van der Waals surface area contributed by atoms with E-state index >= 15 is 0 Å². The Balaban J connectivity index is 2.01. The highest BCUT2D eigenvalue weighted by atomic mass is 35.5. The standard InChI is InChI=1S/C20H22ClN3O2S/c1-3-11-22-20(27)24-23-13-16-7-10-18(19(12-16)25-4-2)26-14-15-5-8-17(21)9-6-15/h3,5-10,12-13H,1,4,11,14H2,2H3,(H2,22,24,27)/b23-13+. The number of hydrogen-bond acceptors (Lipinski definition) is 4. The quantitative estimate of drug-likeness (QED) is 0.283. The minimum Gasteiger partial charge on any atom is -0.490 e. The summed E-state index contributed by atoms with van der Waals surface area (Å²) in [5.41, 5.74) is 4.63. The van der Waals surface area contributed by atoms with Crippen molar-refractivity contribution in [3.8, 4) is 11.5 Å². The first-order valence-electron chi connectivity index (χ1n) is 8.44. The molecule has 2 aromatic carbocycles. The second-order valence-corrected chi connectivity index (χ2v) is 6.27. The van der Waals surface area contributed by atoms with Gasteiger partial charge in [0.05, 0.1) is 12.8 Å². The molecule has 0 spiro atoms. The van der Waals surface area contributed by atoms with Gasteiger partial charge in [0.2, 0.25) is 0 Å². The molecule has 0 saturated heterocycles. The van der Waals surface area contributed by atoms with Gasteiger partial charge in [-0.25, -0.2) is 0 Å². The fourth-order valence-electron chi connectivity index (χ4n) is 2.10. The predicted octanol–water partition coefficient (Wildman–Crippen LogP) is 4.30. The summed E-state index contributed by atoms with van der Waals surface area (Å²) in [6.45, 7) is 7.08. The van der Waals surface area contributed by atoms with Crippen LogP contribution in [0.25, 0.3) is 0 Å². The van der Waals surface area contributed by atoms with Crippen LogP contribution < -0.4 is 20.2 Å². The smallest absolute Gasteiger partial charge is 0.187 e. The Morgan fingerprint density at radius 3 is 2.67 bits per heavy atom. The number of nitrogens with zero attached hydrogens (tertiary/aromatic N) is 1. The second-order valence-electron chi connectivity index (χ2n) is 5.42. The summed E-state index contributed by atoms with van der Waals surface area (Å²) in [6, 6.07) is 13.2. The molecule has 0 aliphatic heterocycles. The molecule has 142 valence electrons. The molecule has 2 N–H and O–H groups in total. The summed E-state index contributed by atoms with van der Waals surface area (Å²) < 4.78 is 11.6. The van der Waals surface area contributed by atoms with Crippen molar-refractivity contribution >= 4 is 35.1 Å². The van der Waals surface area contributed by atoms with Crippen LogP contribution in [-0.2, 0) is 6.61 Å². The Bertz CT molecular complexity index is 794. The Labute approximate surface area is 170 Å². The van der Waals surface area contributed by atoms with Crippen molar-refractivity contribution in [1.82, 2.24) is 10.7 Å². The lowest BCUT2D eigenvalue weighted by molar-refractivity contribution is 0.269. The molecule has 0 aliphatic rings. The molecule has 7 heteroatoms. The van der Waals surface area contributed by atoms with E-state index in [9.17, 15) is 0 Å². The molecular formula is C20H22ClN3O2S. The minimum atomic E-state index is 0.426. The summed E-state index contributed by atoms with van der Waals surface area (Å²) >= 11 is 11.0. The first-order valence-corrected chi connectivity index (χ1v) is 9.23. The van der Waals surface area contributed by atoms with Crippen LogP contribution in [-0.4, -0.2) is 24.5 Å². The first-order chi connectivity index (χ1) is 13.1. The van der Waals surface area contributed by atoms with Crippen LogP contribution in [0, 0.1) is 0 Å². The average molecular weight is 404 g/mol. The number of thiocarbonyl (C=S) groups is 1. The van der Waals surface area contributed by atoms with Gasteiger partial charge in [-0.1, -0.05) is 29.8 Å². The molecule has 2 rings (SSSR count). The van der Waals surface area contributed by atoms with Gasteiger partial charge in [-0.05, 0) is 60.6 Å². The predicted molar refractivity (Wildman–Crippen MR) is 115 cm³/mol. The number of hydrogen-bond donors (Lipinski definition) is 2. The second kappa shape index (κ2) is 11.2. The van der Waals surface area contributed by atoms with E-state index in [0.29, 0.717) is 41.4 Å². The third-order valence-electron chi connectivity index (χ3n) is 3.36. The van der Waals surface area contributed by atoms with E-state index in [-0.39, 0.29) is 0 Å². The average Bonchev–Trinajstić information content (AvgIpc) is 2.67. The minimum absolute atomic E-state index is 0.426. The third kappa shape index (κ3) is 7.29. The van der Waals surface area contributed by atoms with Crippen molar-refractivity contribution in [2.24, 2.45) is 5.10 Å². The zero-order chi connectivity index (χ0) is 19.5. The first kappa shape index (κ1) is 20.7. The molecule has 0 aromatic heterocycles. The van der Waals surface area contributed by atoms with Crippen molar-refractivity contribution in [2.45, 2.75) is 13.5 Å². The lowest BCUT2D eigenvalue weighted by Gasteiger charge is -2.12. The van der Waals surface area contributed by atoms with Gasteiger partial charge in [-0.3, -0.25) is 5.43 Å². The molecule has 0 fully saturated rings. The number of halogens is 1. The van der Waals surface area contributed by atoms with Crippen LogP contribution >= 0.6 is 23.8 Å². The van der Waals surface area contributed by atoms with Crippen LogP contribution in [0.15, 0.2) is 60.2 Å². The van der Waals surface area contributed by atoms with Crippen molar-refractivity contribution < 1.29 is 9.47 Å². The highest BCUT2D eigenvalue weighted by Crippen LogP contribution is 2.29. The highest BCUT2D eigenvalue weighted by Gasteiger charge is 2.06. The molecule has 0 heterocycles. The van der Waals surface area contributed by atoms with Crippen molar-refractivity contribution in [3.05, 3.63) is 71.3 Å². The number of hydrazone groups is 1. The van der Waals surface area contributed by atoms with Gasteiger partial charge >= 0.3 is 0 Å². The van der Waals surface area contributed by atoms with Crippen LogP contribution in [0.2, 0.25) is 5.02 Å². The number of nitrogens with one attached hydrogen (secondary N) is 2. The molecule has 0 amide bonds. The van der Waals surface area contributed by atoms with E-state index in [0.717, 1.165) is 11.1 Å². The monoisotopic (exact) mass is 403 g/mol. The highest BCUT2D eigenvalue weighted by molar-refractivity contribution is 7.80. The Kier molecular flexibility index (Phi) is 8.61. The Morgan fingerprint density at radius 2 is 1.96 bits per heavy atom. The molecular weight excluding hydrogens is 382 g/mol. The molecule has 0 aliphatic carbocycles. The van der Waals surface area contributed by atoms with Crippen molar-refractivity contribution in [1.29, 1.82) is 0 Å². The molecule has 0 radical (unpaired) electrons. The van der Waals surface area contributed by atoms with Crippen LogP contribution in [0.4, 0.5) is 0 Å². The zero-order valence-corrected chi connectivity index (χ0v) is 16.6. The normalized spacial score (nSPS) is 10.4. The molecule has 27 heavy (non-hydrogen) atoms.